The first-order chi connectivity index (χ1) is 30.8. The minimum atomic E-state index is -1.29. The number of hydrogen-bond acceptors (Lipinski definition) is 15. The maximum atomic E-state index is 13.5. The van der Waals surface area contributed by atoms with Gasteiger partial charge in [0, 0.05) is 65.2 Å². The number of aliphatic hydroxyl groups excluding tert-OH is 2. The highest BCUT2D eigenvalue weighted by Gasteiger charge is 2.48. The van der Waals surface area contributed by atoms with Gasteiger partial charge in [-0.15, -0.1) is 0 Å². The maximum Gasteiger partial charge on any atom is 0.409 e. The van der Waals surface area contributed by atoms with Crippen molar-refractivity contribution in [2.45, 2.75) is 121 Å². The number of benzene rings is 1. The highest BCUT2D eigenvalue weighted by molar-refractivity contribution is 8.14. The van der Waals surface area contributed by atoms with Crippen LogP contribution in [0.3, 0.4) is 0 Å². The number of imide groups is 1. The number of rotatable bonds is 23. The van der Waals surface area contributed by atoms with Crippen LogP contribution in [0.4, 0.5) is 20.1 Å². The monoisotopic (exact) mass is 933 g/mol. The number of hydrogen-bond donors (Lipinski definition) is 7. The molecule has 0 aromatic heterocycles. The Balaban J connectivity index is 1.20. The van der Waals surface area contributed by atoms with Crippen LogP contribution in [-0.2, 0) is 44.8 Å². The molecule has 4 rings (SSSR count). The number of likely N-dealkylation sites (N-methyl/N-ethyl adjacent to an activating group) is 2. The molecule has 1 aromatic rings. The summed E-state index contributed by atoms with van der Waals surface area (Å²) in [7, 11) is 2.98. The molecule has 1 aromatic carbocycles. The summed E-state index contributed by atoms with van der Waals surface area (Å²) in [4.78, 5) is 108. The normalized spacial score (nSPS) is 21.1. The third-order valence-corrected chi connectivity index (χ3v) is 12.0. The van der Waals surface area contributed by atoms with Crippen molar-refractivity contribution in [3.05, 3.63) is 29.8 Å². The van der Waals surface area contributed by atoms with E-state index >= 15 is 0 Å². The molecular weight excluding hydrogens is 871 g/mol. The lowest BCUT2D eigenvalue weighted by Gasteiger charge is -2.38. The number of nitrogens with two attached hydrogens (primary N) is 1. The molecule has 3 heterocycles. The first-order valence-corrected chi connectivity index (χ1v) is 22.6. The number of carbonyl (C=O) groups excluding carboxylic acids is 8. The van der Waals surface area contributed by atoms with Gasteiger partial charge in [0.05, 0.1) is 5.04 Å². The van der Waals surface area contributed by atoms with Crippen LogP contribution in [0.25, 0.3) is 0 Å². The van der Waals surface area contributed by atoms with Crippen LogP contribution in [-0.4, -0.2) is 166 Å². The molecule has 0 radical (unpaired) electrons. The van der Waals surface area contributed by atoms with Gasteiger partial charge in [-0.05, 0) is 56.2 Å². The first kappa shape index (κ1) is 52.1. The lowest BCUT2D eigenvalue weighted by molar-refractivity contribution is -0.165. The summed E-state index contributed by atoms with van der Waals surface area (Å²) >= 11 is 1.33. The van der Waals surface area contributed by atoms with E-state index in [4.69, 9.17) is 19.9 Å². The summed E-state index contributed by atoms with van der Waals surface area (Å²) in [6, 6.07) is 3.11. The molecule has 0 aliphatic carbocycles. The Kier molecular flexibility index (Phi) is 20.2. The number of fused-ring (bicyclic) bond motifs is 1. The van der Waals surface area contributed by atoms with Crippen LogP contribution in [0.2, 0.25) is 0 Å². The molecule has 22 nitrogen and oxygen atoms in total. The Hall–Kier alpha value is -5.52. The topological polar surface area (TPSA) is 301 Å². The SMILES string of the molecule is CC1=N[C@@H]2[C@@H](O)[C@H](O)[C@@H](COC(=O)N(C)CCN(C)C(=O)OCc3ccc(NC(=O)[C@H](CCCNC(N)=O)NC(=O)[C@@H](NC(=O)CCCCCN4C(=O)CCC4=O)C(C)C)cc3)O[C@@H]2S1. The van der Waals surface area contributed by atoms with Gasteiger partial charge in [-0.1, -0.05) is 44.2 Å². The number of thioether (sulfide) groups is 1. The summed E-state index contributed by atoms with van der Waals surface area (Å²) < 4.78 is 16.5. The number of carbonyl (C=O) groups is 8. The van der Waals surface area contributed by atoms with Crippen molar-refractivity contribution in [3.8, 4) is 0 Å². The van der Waals surface area contributed by atoms with Gasteiger partial charge in [0.15, 0.2) is 0 Å². The Labute approximate surface area is 382 Å². The zero-order chi connectivity index (χ0) is 47.8. The highest BCUT2D eigenvalue weighted by Crippen LogP contribution is 2.36. The molecule has 3 aliphatic heterocycles. The molecule has 3 aliphatic rings. The average Bonchev–Trinajstić information content (AvgIpc) is 3.81. The molecule has 0 saturated carbocycles. The van der Waals surface area contributed by atoms with E-state index in [1.54, 1.807) is 45.0 Å². The molecule has 360 valence electrons. The number of anilines is 1. The molecule has 0 spiro atoms. The number of likely N-dealkylation sites (tertiary alicyclic amines) is 1. The number of ether oxygens (including phenoxy) is 3. The summed E-state index contributed by atoms with van der Waals surface area (Å²) in [6.45, 7) is 5.55. The van der Waals surface area contributed by atoms with Crippen molar-refractivity contribution in [1.29, 1.82) is 0 Å². The van der Waals surface area contributed by atoms with E-state index in [1.807, 2.05) is 0 Å². The van der Waals surface area contributed by atoms with Gasteiger partial charge >= 0.3 is 18.2 Å². The number of urea groups is 1. The quantitative estimate of drug-likeness (QED) is 0.0596. The molecule has 0 unspecified atom stereocenters. The number of amides is 9. The molecular formula is C42H63N9O13S. The average molecular weight is 934 g/mol. The Morgan fingerprint density at radius 1 is 0.908 bits per heavy atom. The van der Waals surface area contributed by atoms with E-state index in [1.165, 1.54) is 40.6 Å². The lowest BCUT2D eigenvalue weighted by Crippen LogP contribution is -2.56. The summed E-state index contributed by atoms with van der Waals surface area (Å²) in [6.07, 6.45) is -2.14. The number of nitrogens with zero attached hydrogens (tertiary/aromatic N) is 4. The number of aliphatic imine (C=N–C) groups is 1. The minimum Gasteiger partial charge on any atom is -0.447 e. The third kappa shape index (κ3) is 16.1. The van der Waals surface area contributed by atoms with Gasteiger partial charge in [0.25, 0.3) is 0 Å². The van der Waals surface area contributed by atoms with E-state index in [0.717, 1.165) is 5.04 Å². The van der Waals surface area contributed by atoms with Gasteiger partial charge in [-0.2, -0.15) is 0 Å². The van der Waals surface area contributed by atoms with Crippen molar-refractivity contribution < 1.29 is 62.8 Å². The lowest BCUT2D eigenvalue weighted by atomic mass is 9.99. The summed E-state index contributed by atoms with van der Waals surface area (Å²) in [5.74, 6) is -2.19. The zero-order valence-corrected chi connectivity index (χ0v) is 38.3. The van der Waals surface area contributed by atoms with Gasteiger partial charge in [0.2, 0.25) is 29.5 Å². The molecule has 2 fully saturated rings. The number of nitrogens with one attached hydrogen (secondary N) is 4. The summed E-state index contributed by atoms with van der Waals surface area (Å²) in [5, 5.41) is 32.3. The standard InChI is InChI=1S/C42H63N9O13S/c1-24(2)33(48-30(52)11-7-6-8-19-51-31(53)16-17-32(51)54)38(58)47-28(10-9-18-44-40(43)59)37(57)46-27-14-12-26(13-15-27)22-62-41(60)49(4)20-21-50(5)42(61)63-23-29-35(55)36(56)34-39(64-29)65-25(3)45-34/h12-15,24,28-29,33-36,39,55-56H,6-11,16-23H2,1-5H3,(H,46,57)(H,47,58)(H,48,52)(H3,43,44,59)/t28-,29+,33-,34+,35+,36+,39+/m0/s1. The van der Waals surface area contributed by atoms with E-state index in [9.17, 15) is 48.6 Å². The molecule has 23 heteroatoms. The van der Waals surface area contributed by atoms with E-state index in [2.05, 4.69) is 26.3 Å². The van der Waals surface area contributed by atoms with Crippen LogP contribution in [0.1, 0.15) is 77.7 Å². The van der Waals surface area contributed by atoms with Crippen molar-refractivity contribution in [1.82, 2.24) is 30.7 Å². The largest absolute Gasteiger partial charge is 0.447 e. The fourth-order valence-electron chi connectivity index (χ4n) is 7.05. The van der Waals surface area contributed by atoms with Crippen LogP contribution in [0, 0.1) is 5.92 Å². The number of primary amides is 1. The van der Waals surface area contributed by atoms with Gasteiger partial charge < -0.3 is 61.2 Å². The smallest absolute Gasteiger partial charge is 0.409 e. The van der Waals surface area contributed by atoms with Gasteiger partial charge in [-0.3, -0.25) is 33.9 Å². The minimum absolute atomic E-state index is 0.0924. The molecule has 2 saturated heterocycles. The summed E-state index contributed by atoms with van der Waals surface area (Å²) in [5.41, 5.74) is 5.67. The van der Waals surface area contributed by atoms with E-state index in [-0.39, 0.29) is 88.6 Å². The van der Waals surface area contributed by atoms with Crippen molar-refractivity contribution in [2.24, 2.45) is 16.6 Å². The fourth-order valence-corrected chi connectivity index (χ4v) is 8.12. The molecule has 7 atom stereocenters. The number of unbranched alkanes of at least 4 members (excludes halogenated alkanes) is 2. The zero-order valence-electron chi connectivity index (χ0n) is 37.5. The Morgan fingerprint density at radius 3 is 2.18 bits per heavy atom. The predicted octanol–water partition coefficient (Wildman–Crippen LogP) is 1.03. The van der Waals surface area contributed by atoms with Crippen LogP contribution in [0.5, 0.6) is 0 Å². The van der Waals surface area contributed by atoms with Gasteiger partial charge in [-0.25, -0.2) is 14.4 Å². The van der Waals surface area contributed by atoms with Crippen LogP contribution >= 0.6 is 11.8 Å². The number of aliphatic hydroxyl groups is 2. The Morgan fingerprint density at radius 2 is 1.55 bits per heavy atom. The van der Waals surface area contributed by atoms with Crippen LogP contribution in [0.15, 0.2) is 29.3 Å². The molecule has 65 heavy (non-hydrogen) atoms. The molecule has 8 N–H and O–H groups in total. The third-order valence-electron chi connectivity index (χ3n) is 10.9. The maximum absolute atomic E-state index is 13.5. The second-order valence-corrected chi connectivity index (χ2v) is 17.8. The van der Waals surface area contributed by atoms with E-state index < -0.39 is 71.9 Å². The first-order valence-electron chi connectivity index (χ1n) is 21.7. The van der Waals surface area contributed by atoms with Crippen LogP contribution < -0.4 is 27.0 Å². The van der Waals surface area contributed by atoms with Crippen molar-refractivity contribution in [3.63, 3.8) is 0 Å². The van der Waals surface area contributed by atoms with Crippen molar-refractivity contribution in [2.75, 3.05) is 52.2 Å². The highest BCUT2D eigenvalue weighted by atomic mass is 32.2. The predicted molar refractivity (Wildman–Crippen MR) is 237 cm³/mol. The second kappa shape index (κ2) is 25.2. The molecule has 0 bridgehead atoms. The van der Waals surface area contributed by atoms with Gasteiger partial charge in [0.1, 0.15) is 55.1 Å². The van der Waals surface area contributed by atoms with E-state index in [0.29, 0.717) is 37.1 Å². The fraction of sp³-hybridized carbons (Fsp3) is 0.643. The van der Waals surface area contributed by atoms with Crippen molar-refractivity contribution >= 4 is 70.2 Å². The Bertz CT molecular complexity index is 1870. The second-order valence-electron chi connectivity index (χ2n) is 16.5. The molecule has 9 amide bonds.